The minimum absolute atomic E-state index is 0.0274. The van der Waals surface area contributed by atoms with Crippen molar-refractivity contribution in [3.63, 3.8) is 0 Å². The summed E-state index contributed by atoms with van der Waals surface area (Å²) >= 11 is 0. The zero-order chi connectivity index (χ0) is 13.6. The third kappa shape index (κ3) is 2.19. The van der Waals surface area contributed by atoms with Gasteiger partial charge < -0.3 is 0 Å². The van der Waals surface area contributed by atoms with Crippen LogP contribution in [0.4, 0.5) is 0 Å². The van der Waals surface area contributed by atoms with Gasteiger partial charge in [0.2, 0.25) is 10.0 Å². The molecule has 0 saturated carbocycles. The van der Waals surface area contributed by atoms with Crippen LogP contribution in [0.25, 0.3) is 0 Å². The number of nitrogens with zero attached hydrogens (tertiary/aromatic N) is 4. The first-order chi connectivity index (χ1) is 8.98. The lowest BCUT2D eigenvalue weighted by Gasteiger charge is -2.41. The number of rotatable bonds is 2. The molecule has 2 aliphatic heterocycles. The highest BCUT2D eigenvalue weighted by Gasteiger charge is 2.40. The lowest BCUT2D eigenvalue weighted by Crippen LogP contribution is -2.56. The van der Waals surface area contributed by atoms with Gasteiger partial charge in [-0.05, 0) is 26.3 Å². The highest BCUT2D eigenvalue weighted by Crippen LogP contribution is 2.28. The molecule has 106 valence electrons. The standard InChI is InChI=1S/C12H20N4O2S/c1-10-7-15-5-3-4-11(15)8-16(10)19(17,18)12-6-13-14(2)9-12/h6,9-11H,3-5,7-8H2,1-2H3/t10-,11-/m0/s1. The molecular formula is C12H20N4O2S. The Hall–Kier alpha value is -0.920. The fourth-order valence-corrected chi connectivity index (χ4v) is 4.81. The topological polar surface area (TPSA) is 58.4 Å². The van der Waals surface area contributed by atoms with E-state index in [1.165, 1.54) is 17.3 Å². The summed E-state index contributed by atoms with van der Waals surface area (Å²) in [5.74, 6) is 0. The van der Waals surface area contributed by atoms with Crippen LogP contribution in [0.15, 0.2) is 17.3 Å². The maximum absolute atomic E-state index is 12.7. The minimum Gasteiger partial charge on any atom is -0.297 e. The van der Waals surface area contributed by atoms with E-state index >= 15 is 0 Å². The summed E-state index contributed by atoms with van der Waals surface area (Å²) in [7, 11) is -1.67. The van der Waals surface area contributed by atoms with Crippen LogP contribution in [0.5, 0.6) is 0 Å². The van der Waals surface area contributed by atoms with E-state index in [0.717, 1.165) is 19.5 Å². The van der Waals surface area contributed by atoms with Gasteiger partial charge in [0, 0.05) is 38.4 Å². The van der Waals surface area contributed by atoms with Crippen LogP contribution in [0.1, 0.15) is 19.8 Å². The van der Waals surface area contributed by atoms with Gasteiger partial charge in [-0.2, -0.15) is 9.40 Å². The smallest absolute Gasteiger partial charge is 0.246 e. The van der Waals surface area contributed by atoms with Gasteiger partial charge in [0.25, 0.3) is 0 Å². The Morgan fingerprint density at radius 1 is 1.37 bits per heavy atom. The van der Waals surface area contributed by atoms with Crippen molar-refractivity contribution in [1.82, 2.24) is 19.0 Å². The largest absolute Gasteiger partial charge is 0.297 e. The number of sulfonamides is 1. The Labute approximate surface area is 114 Å². The predicted octanol–water partition coefficient (Wildman–Crippen LogP) is 0.277. The van der Waals surface area contributed by atoms with Crippen LogP contribution in [-0.4, -0.2) is 59.1 Å². The predicted molar refractivity (Wildman–Crippen MR) is 71.2 cm³/mol. The van der Waals surface area contributed by atoms with Crippen LogP contribution >= 0.6 is 0 Å². The first kappa shape index (κ1) is 13.1. The van der Waals surface area contributed by atoms with E-state index in [4.69, 9.17) is 0 Å². The summed E-state index contributed by atoms with van der Waals surface area (Å²) in [6.45, 7) is 4.54. The molecule has 1 aromatic rings. The van der Waals surface area contributed by atoms with E-state index in [0.29, 0.717) is 17.5 Å². The van der Waals surface area contributed by atoms with E-state index in [9.17, 15) is 8.42 Å². The molecule has 1 aromatic heterocycles. The van der Waals surface area contributed by atoms with Crippen LogP contribution in [0.3, 0.4) is 0 Å². The molecule has 0 aromatic carbocycles. The van der Waals surface area contributed by atoms with Crippen LogP contribution in [-0.2, 0) is 17.1 Å². The first-order valence-corrected chi connectivity index (χ1v) is 8.17. The van der Waals surface area contributed by atoms with Crippen molar-refractivity contribution in [3.8, 4) is 0 Å². The van der Waals surface area contributed by atoms with Crippen molar-refractivity contribution in [2.45, 2.75) is 36.7 Å². The van der Waals surface area contributed by atoms with Gasteiger partial charge in [0.05, 0.1) is 6.20 Å². The molecule has 19 heavy (non-hydrogen) atoms. The van der Waals surface area contributed by atoms with Gasteiger partial charge in [-0.25, -0.2) is 8.42 Å². The molecule has 3 rings (SSSR count). The zero-order valence-electron chi connectivity index (χ0n) is 11.4. The van der Waals surface area contributed by atoms with E-state index in [1.807, 2.05) is 6.92 Å². The van der Waals surface area contributed by atoms with Gasteiger partial charge >= 0.3 is 0 Å². The quantitative estimate of drug-likeness (QED) is 0.782. The number of hydrogen-bond acceptors (Lipinski definition) is 4. The normalized spacial score (nSPS) is 29.6. The Bertz CT molecular complexity index is 568. The molecule has 2 saturated heterocycles. The van der Waals surface area contributed by atoms with E-state index in [-0.39, 0.29) is 6.04 Å². The maximum Gasteiger partial charge on any atom is 0.246 e. The summed E-state index contributed by atoms with van der Waals surface area (Å²) in [4.78, 5) is 2.72. The van der Waals surface area contributed by atoms with Crippen LogP contribution in [0, 0.1) is 0 Å². The molecule has 2 aliphatic rings. The molecule has 0 amide bonds. The fraction of sp³-hybridized carbons (Fsp3) is 0.750. The molecule has 0 N–H and O–H groups in total. The molecule has 3 heterocycles. The van der Waals surface area contributed by atoms with Crippen molar-refractivity contribution in [2.75, 3.05) is 19.6 Å². The second-order valence-electron chi connectivity index (χ2n) is 5.56. The SMILES string of the molecule is C[C@H]1CN2CCC[C@H]2CN1S(=O)(=O)c1cnn(C)c1. The van der Waals surface area contributed by atoms with Crippen LogP contribution < -0.4 is 0 Å². The Morgan fingerprint density at radius 2 is 2.16 bits per heavy atom. The molecule has 2 atom stereocenters. The summed E-state index contributed by atoms with van der Waals surface area (Å²) in [6.07, 6.45) is 5.29. The van der Waals surface area contributed by atoms with E-state index < -0.39 is 10.0 Å². The number of aromatic nitrogens is 2. The summed E-state index contributed by atoms with van der Waals surface area (Å²) in [5.41, 5.74) is 0. The lowest BCUT2D eigenvalue weighted by molar-refractivity contribution is 0.117. The maximum atomic E-state index is 12.7. The molecular weight excluding hydrogens is 264 g/mol. The molecule has 0 aliphatic carbocycles. The number of hydrogen-bond donors (Lipinski definition) is 0. The molecule has 2 fully saturated rings. The van der Waals surface area contributed by atoms with Crippen molar-refractivity contribution in [3.05, 3.63) is 12.4 Å². The van der Waals surface area contributed by atoms with Gasteiger partial charge in [0.15, 0.2) is 0 Å². The molecule has 0 spiro atoms. The lowest BCUT2D eigenvalue weighted by atomic mass is 10.1. The third-order valence-corrected chi connectivity index (χ3v) is 6.10. The molecule has 0 radical (unpaired) electrons. The van der Waals surface area contributed by atoms with Crippen molar-refractivity contribution >= 4 is 10.0 Å². The monoisotopic (exact) mass is 284 g/mol. The van der Waals surface area contributed by atoms with Gasteiger partial charge in [0.1, 0.15) is 4.90 Å². The average molecular weight is 284 g/mol. The summed E-state index contributed by atoms with van der Waals surface area (Å²) in [6, 6.07) is 0.419. The average Bonchev–Trinajstić information content (AvgIpc) is 2.96. The van der Waals surface area contributed by atoms with Crippen molar-refractivity contribution < 1.29 is 8.42 Å². The zero-order valence-corrected chi connectivity index (χ0v) is 12.2. The number of aryl methyl sites for hydroxylation is 1. The third-order valence-electron chi connectivity index (χ3n) is 4.17. The summed E-state index contributed by atoms with van der Waals surface area (Å²) < 4.78 is 28.5. The second kappa shape index (κ2) is 4.57. The van der Waals surface area contributed by atoms with Crippen LogP contribution in [0.2, 0.25) is 0 Å². The highest BCUT2D eigenvalue weighted by atomic mass is 32.2. The summed E-state index contributed by atoms with van der Waals surface area (Å²) in [5, 5.41) is 3.97. The number of fused-ring (bicyclic) bond motifs is 1. The minimum atomic E-state index is -3.41. The fourth-order valence-electron chi connectivity index (χ4n) is 3.16. The van der Waals surface area contributed by atoms with Crippen molar-refractivity contribution in [1.29, 1.82) is 0 Å². The first-order valence-electron chi connectivity index (χ1n) is 6.73. The molecule has 0 unspecified atom stereocenters. The van der Waals surface area contributed by atoms with E-state index in [2.05, 4.69) is 10.00 Å². The van der Waals surface area contributed by atoms with E-state index in [1.54, 1.807) is 17.5 Å². The molecule has 7 heteroatoms. The Kier molecular flexibility index (Phi) is 3.15. The van der Waals surface area contributed by atoms with Gasteiger partial charge in [-0.1, -0.05) is 0 Å². The molecule has 0 bridgehead atoms. The number of piperazine rings is 1. The van der Waals surface area contributed by atoms with Gasteiger partial charge in [-0.15, -0.1) is 0 Å². The Morgan fingerprint density at radius 3 is 2.84 bits per heavy atom. The van der Waals surface area contributed by atoms with Crippen molar-refractivity contribution in [2.24, 2.45) is 7.05 Å². The second-order valence-corrected chi connectivity index (χ2v) is 7.45. The van der Waals surface area contributed by atoms with Gasteiger partial charge in [-0.3, -0.25) is 9.58 Å². The highest BCUT2D eigenvalue weighted by molar-refractivity contribution is 7.89. The molecule has 6 nitrogen and oxygen atoms in total. The Balaban J connectivity index is 1.88.